The Labute approximate surface area is 113 Å². The molecule has 1 aromatic rings. The maximum atomic E-state index is 12.0. The van der Waals surface area contributed by atoms with Gasteiger partial charge >= 0.3 is 5.97 Å². The predicted molar refractivity (Wildman–Crippen MR) is 70.1 cm³/mol. The molecule has 19 heavy (non-hydrogen) atoms. The quantitative estimate of drug-likeness (QED) is 0.366. The fourth-order valence-corrected chi connectivity index (χ4v) is 2.86. The summed E-state index contributed by atoms with van der Waals surface area (Å²) in [6, 6.07) is 1.73. The highest BCUT2D eigenvalue weighted by Gasteiger charge is 2.33. The van der Waals surface area contributed by atoms with Gasteiger partial charge in [0.2, 0.25) is 5.91 Å². The van der Waals surface area contributed by atoms with Crippen molar-refractivity contribution in [2.24, 2.45) is 11.0 Å². The van der Waals surface area contributed by atoms with Gasteiger partial charge in [-0.05, 0) is 22.9 Å². The molecule has 1 saturated heterocycles. The van der Waals surface area contributed by atoms with Crippen LogP contribution in [0, 0.1) is 5.92 Å². The zero-order valence-corrected chi connectivity index (χ0v) is 11.1. The van der Waals surface area contributed by atoms with Crippen LogP contribution in [0.15, 0.2) is 16.6 Å². The molecule has 100 valence electrons. The topological polar surface area (TPSA) is 95.4 Å². The van der Waals surface area contributed by atoms with Gasteiger partial charge in [-0.1, -0.05) is 5.11 Å². The van der Waals surface area contributed by atoms with Crippen molar-refractivity contribution in [1.29, 1.82) is 0 Å². The molecule has 0 saturated carbocycles. The van der Waals surface area contributed by atoms with E-state index in [2.05, 4.69) is 14.8 Å². The second kappa shape index (κ2) is 5.73. The monoisotopic (exact) mass is 280 g/mol. The summed E-state index contributed by atoms with van der Waals surface area (Å²) >= 11 is 1.24. The number of hydrogen-bond acceptors (Lipinski definition) is 5. The highest BCUT2D eigenvalue weighted by Crippen LogP contribution is 2.32. The fraction of sp³-hybridized carbons (Fsp3) is 0.455. The van der Waals surface area contributed by atoms with Crippen LogP contribution in [0.25, 0.3) is 10.4 Å². The lowest BCUT2D eigenvalue weighted by molar-refractivity contribution is -0.117. The number of thiophene rings is 1. The van der Waals surface area contributed by atoms with Gasteiger partial charge in [-0.2, -0.15) is 0 Å². The molecule has 1 aliphatic rings. The van der Waals surface area contributed by atoms with Crippen molar-refractivity contribution in [3.05, 3.63) is 26.8 Å². The van der Waals surface area contributed by atoms with E-state index in [-0.39, 0.29) is 18.4 Å². The summed E-state index contributed by atoms with van der Waals surface area (Å²) in [5.41, 5.74) is 8.87. The van der Waals surface area contributed by atoms with Crippen molar-refractivity contribution in [3.63, 3.8) is 0 Å². The van der Waals surface area contributed by atoms with E-state index in [0.29, 0.717) is 23.5 Å². The molecular weight excluding hydrogens is 268 g/mol. The first-order valence-corrected chi connectivity index (χ1v) is 6.52. The molecule has 1 amide bonds. The number of ether oxygens (including phenoxy) is 1. The summed E-state index contributed by atoms with van der Waals surface area (Å²) in [4.78, 5) is 28.2. The van der Waals surface area contributed by atoms with Gasteiger partial charge in [0.25, 0.3) is 0 Å². The molecule has 7 nitrogen and oxygen atoms in total. The van der Waals surface area contributed by atoms with E-state index in [1.807, 2.05) is 0 Å². The molecule has 0 N–H and O–H groups in total. The minimum Gasteiger partial charge on any atom is -0.465 e. The van der Waals surface area contributed by atoms with E-state index in [0.717, 1.165) is 0 Å². The standard InChI is InChI=1S/C11H12N4O3S/c1-18-11(17)10-8(2-3-19-10)15-6-7(4-9(15)16)5-13-14-12/h2-3,7H,4-6H2,1H3. The lowest BCUT2D eigenvalue weighted by Crippen LogP contribution is -2.26. The molecular formula is C11H12N4O3S. The number of amides is 1. The Morgan fingerprint density at radius 2 is 2.53 bits per heavy atom. The summed E-state index contributed by atoms with van der Waals surface area (Å²) in [5, 5.41) is 5.24. The second-order valence-electron chi connectivity index (χ2n) is 4.11. The van der Waals surface area contributed by atoms with Crippen LogP contribution in [0.3, 0.4) is 0 Å². The molecule has 1 aliphatic heterocycles. The molecule has 1 aromatic heterocycles. The largest absolute Gasteiger partial charge is 0.465 e. The third kappa shape index (κ3) is 2.69. The fourth-order valence-electron chi connectivity index (χ4n) is 2.05. The lowest BCUT2D eigenvalue weighted by atomic mass is 10.1. The van der Waals surface area contributed by atoms with Gasteiger partial charge in [0.05, 0.1) is 12.8 Å². The minimum atomic E-state index is -0.448. The normalized spacial score (nSPS) is 18.3. The van der Waals surface area contributed by atoms with E-state index < -0.39 is 5.97 Å². The Hall–Kier alpha value is -2.05. The number of hydrogen-bond donors (Lipinski definition) is 0. The van der Waals surface area contributed by atoms with Gasteiger partial charge in [-0.15, -0.1) is 11.3 Å². The van der Waals surface area contributed by atoms with Gasteiger partial charge in [-0.3, -0.25) is 4.79 Å². The molecule has 1 unspecified atom stereocenters. The van der Waals surface area contributed by atoms with Crippen molar-refractivity contribution in [1.82, 2.24) is 0 Å². The average molecular weight is 280 g/mol. The highest BCUT2D eigenvalue weighted by atomic mass is 32.1. The SMILES string of the molecule is COC(=O)c1sccc1N1CC(CN=[N+]=[N-])CC1=O. The number of rotatable bonds is 4. The highest BCUT2D eigenvalue weighted by molar-refractivity contribution is 7.12. The Morgan fingerprint density at radius 3 is 3.21 bits per heavy atom. The van der Waals surface area contributed by atoms with Gasteiger partial charge in [0, 0.05) is 24.4 Å². The minimum absolute atomic E-state index is 0.00574. The van der Waals surface area contributed by atoms with Gasteiger partial charge < -0.3 is 9.64 Å². The maximum absolute atomic E-state index is 12.0. The molecule has 0 aromatic carbocycles. The number of carbonyl (C=O) groups is 2. The van der Waals surface area contributed by atoms with Crippen LogP contribution in [0.4, 0.5) is 5.69 Å². The third-order valence-corrected chi connectivity index (χ3v) is 3.80. The predicted octanol–water partition coefficient (Wildman–Crippen LogP) is 2.20. The zero-order chi connectivity index (χ0) is 13.8. The summed E-state index contributed by atoms with van der Waals surface area (Å²) in [7, 11) is 1.31. The van der Waals surface area contributed by atoms with E-state index in [9.17, 15) is 9.59 Å². The number of anilines is 1. The Morgan fingerprint density at radius 1 is 1.74 bits per heavy atom. The molecule has 2 rings (SSSR count). The summed E-state index contributed by atoms with van der Waals surface area (Å²) in [5.74, 6) is -0.521. The maximum Gasteiger partial charge on any atom is 0.350 e. The van der Waals surface area contributed by atoms with Crippen LogP contribution in [0.2, 0.25) is 0 Å². The van der Waals surface area contributed by atoms with Crippen LogP contribution in [0.1, 0.15) is 16.1 Å². The van der Waals surface area contributed by atoms with Crippen LogP contribution >= 0.6 is 11.3 Å². The van der Waals surface area contributed by atoms with E-state index >= 15 is 0 Å². The number of methoxy groups -OCH3 is 1. The molecule has 0 bridgehead atoms. The van der Waals surface area contributed by atoms with E-state index in [1.54, 1.807) is 16.3 Å². The van der Waals surface area contributed by atoms with Gasteiger partial charge in [0.15, 0.2) is 0 Å². The van der Waals surface area contributed by atoms with E-state index in [1.165, 1.54) is 18.4 Å². The smallest absolute Gasteiger partial charge is 0.350 e. The second-order valence-corrected chi connectivity index (χ2v) is 5.03. The Bertz CT molecular complexity index is 550. The number of azide groups is 1. The van der Waals surface area contributed by atoms with Crippen LogP contribution in [0.5, 0.6) is 0 Å². The summed E-state index contributed by atoms with van der Waals surface area (Å²) in [6.45, 7) is 0.745. The third-order valence-electron chi connectivity index (χ3n) is 2.91. The van der Waals surface area contributed by atoms with Crippen molar-refractivity contribution in [3.8, 4) is 0 Å². The first kappa shape index (κ1) is 13.4. The molecule has 0 spiro atoms. The van der Waals surface area contributed by atoms with Crippen LogP contribution in [-0.2, 0) is 9.53 Å². The average Bonchev–Trinajstić information content (AvgIpc) is 3.01. The van der Waals surface area contributed by atoms with Crippen LogP contribution in [-0.4, -0.2) is 32.1 Å². The summed E-state index contributed by atoms with van der Waals surface area (Å²) < 4.78 is 4.69. The van der Waals surface area contributed by atoms with Gasteiger partial charge in [0.1, 0.15) is 4.88 Å². The number of esters is 1. The van der Waals surface area contributed by atoms with Crippen LogP contribution < -0.4 is 4.90 Å². The first-order chi connectivity index (χ1) is 9.17. The first-order valence-electron chi connectivity index (χ1n) is 5.64. The zero-order valence-electron chi connectivity index (χ0n) is 10.3. The lowest BCUT2D eigenvalue weighted by Gasteiger charge is -2.16. The van der Waals surface area contributed by atoms with Crippen molar-refractivity contribution in [2.45, 2.75) is 6.42 Å². The Balaban J connectivity index is 2.19. The van der Waals surface area contributed by atoms with Crippen molar-refractivity contribution in [2.75, 3.05) is 25.1 Å². The van der Waals surface area contributed by atoms with Gasteiger partial charge in [-0.25, -0.2) is 4.79 Å². The molecule has 1 atom stereocenters. The molecule has 0 aliphatic carbocycles. The van der Waals surface area contributed by atoms with Crippen molar-refractivity contribution >= 4 is 28.9 Å². The number of carbonyl (C=O) groups excluding carboxylic acids is 2. The Kier molecular flexibility index (Phi) is 4.03. The van der Waals surface area contributed by atoms with E-state index in [4.69, 9.17) is 5.53 Å². The summed E-state index contributed by atoms with van der Waals surface area (Å²) in [6.07, 6.45) is 0.329. The molecule has 2 heterocycles. The number of nitrogens with zero attached hydrogens (tertiary/aromatic N) is 4. The van der Waals surface area contributed by atoms with Crippen molar-refractivity contribution < 1.29 is 14.3 Å². The molecule has 8 heteroatoms. The molecule has 0 radical (unpaired) electrons. The molecule has 1 fully saturated rings.